The fraction of sp³-hybridized carbons (Fsp3) is 0.929. The summed E-state index contributed by atoms with van der Waals surface area (Å²) in [7, 11) is 0. The predicted octanol–water partition coefficient (Wildman–Crippen LogP) is 3.17. The number of hydrogen-bond donors (Lipinski definition) is 0. The Labute approximate surface area is 117 Å². The maximum atomic E-state index is 8.93. The summed E-state index contributed by atoms with van der Waals surface area (Å²) in [4.78, 5) is 0.522. The molecule has 3 aliphatic rings. The molecule has 0 aromatic heterocycles. The van der Waals surface area contributed by atoms with Gasteiger partial charge in [-0.2, -0.15) is 5.26 Å². The monoisotopic (exact) mass is 313 g/mol. The molecule has 2 heterocycles. The van der Waals surface area contributed by atoms with Crippen molar-refractivity contribution in [3.05, 3.63) is 0 Å². The average molecular weight is 314 g/mol. The van der Waals surface area contributed by atoms with Gasteiger partial charge in [0.2, 0.25) is 0 Å². The Morgan fingerprint density at radius 2 is 2.28 bits per heavy atom. The van der Waals surface area contributed by atoms with Gasteiger partial charge in [0.05, 0.1) is 30.0 Å². The van der Waals surface area contributed by atoms with Crippen LogP contribution in [0.4, 0.5) is 0 Å². The van der Waals surface area contributed by atoms with Gasteiger partial charge in [-0.1, -0.05) is 15.9 Å². The lowest BCUT2D eigenvalue weighted by Crippen LogP contribution is -2.50. The van der Waals surface area contributed by atoms with Crippen LogP contribution in [0, 0.1) is 17.2 Å². The van der Waals surface area contributed by atoms with E-state index in [1.54, 1.807) is 0 Å². The fourth-order valence-corrected chi connectivity index (χ4v) is 4.83. The van der Waals surface area contributed by atoms with Gasteiger partial charge in [-0.25, -0.2) is 0 Å². The first kappa shape index (κ1) is 12.9. The third kappa shape index (κ3) is 2.21. The van der Waals surface area contributed by atoms with Crippen LogP contribution < -0.4 is 0 Å². The van der Waals surface area contributed by atoms with Crippen LogP contribution in [0.2, 0.25) is 0 Å². The van der Waals surface area contributed by atoms with E-state index in [4.69, 9.17) is 14.7 Å². The van der Waals surface area contributed by atoms with Gasteiger partial charge in [-0.05, 0) is 39.0 Å². The number of hydrogen-bond acceptors (Lipinski definition) is 3. The number of rotatable bonds is 2. The van der Waals surface area contributed by atoms with Crippen molar-refractivity contribution >= 4 is 15.9 Å². The quantitative estimate of drug-likeness (QED) is 0.735. The molecule has 0 radical (unpaired) electrons. The lowest BCUT2D eigenvalue weighted by molar-refractivity contribution is -0.167. The fourth-order valence-electron chi connectivity index (χ4n) is 3.86. The molecule has 0 N–H and O–H groups in total. The summed E-state index contributed by atoms with van der Waals surface area (Å²) >= 11 is 3.74. The van der Waals surface area contributed by atoms with Crippen molar-refractivity contribution in [3.63, 3.8) is 0 Å². The molecule has 5 unspecified atom stereocenters. The molecule has 0 aromatic carbocycles. The molecule has 3 fully saturated rings. The Morgan fingerprint density at radius 1 is 1.44 bits per heavy atom. The maximum Gasteiger partial charge on any atom is 0.0982 e. The topological polar surface area (TPSA) is 42.2 Å². The largest absolute Gasteiger partial charge is 0.372 e. The summed E-state index contributed by atoms with van der Waals surface area (Å²) in [6, 6.07) is 2.31. The van der Waals surface area contributed by atoms with E-state index in [2.05, 4.69) is 22.0 Å². The standard InChI is InChI=1S/C14H20BrNO2/c1-9(8-16)4-11-2-3-13-14(18-11)6-10(15)5-12(7-14)17-13/h9-13H,2-7H2,1H3/t9-,10?,11?,12?,13?,14?/m1/s1. The molecule has 2 saturated heterocycles. The van der Waals surface area contributed by atoms with Crippen LogP contribution in [0.1, 0.15) is 45.4 Å². The second kappa shape index (κ2) is 4.77. The number of fused-ring (bicyclic) bond motifs is 1. The normalized spacial score (nSPS) is 48.3. The minimum atomic E-state index is -0.0603. The van der Waals surface area contributed by atoms with Crippen molar-refractivity contribution < 1.29 is 9.47 Å². The second-order valence-electron chi connectivity index (χ2n) is 6.14. The Bertz CT molecular complexity index is 369. The van der Waals surface area contributed by atoms with Crippen LogP contribution in [-0.2, 0) is 9.47 Å². The second-order valence-corrected chi connectivity index (χ2v) is 7.43. The van der Waals surface area contributed by atoms with Gasteiger partial charge >= 0.3 is 0 Å². The third-order valence-electron chi connectivity index (χ3n) is 4.59. The molecule has 1 saturated carbocycles. The summed E-state index contributed by atoms with van der Waals surface area (Å²) < 4.78 is 12.5. The Kier molecular flexibility index (Phi) is 3.42. The Morgan fingerprint density at radius 3 is 3.06 bits per heavy atom. The Balaban J connectivity index is 1.71. The molecule has 4 heteroatoms. The minimum Gasteiger partial charge on any atom is -0.372 e. The summed E-state index contributed by atoms with van der Waals surface area (Å²) in [5.41, 5.74) is -0.0603. The highest BCUT2D eigenvalue weighted by Gasteiger charge is 2.56. The number of nitrogens with zero attached hydrogens (tertiary/aromatic N) is 1. The lowest BCUT2D eigenvalue weighted by atomic mass is 9.78. The first-order valence-corrected chi connectivity index (χ1v) is 7.90. The zero-order chi connectivity index (χ0) is 12.8. The number of ether oxygens (including phenoxy) is 2. The molecule has 2 aliphatic heterocycles. The van der Waals surface area contributed by atoms with Crippen molar-refractivity contribution in [2.45, 2.75) is 74.2 Å². The van der Waals surface area contributed by atoms with Crippen molar-refractivity contribution in [1.29, 1.82) is 5.26 Å². The van der Waals surface area contributed by atoms with Crippen LogP contribution in [0.25, 0.3) is 0 Å². The first-order chi connectivity index (χ1) is 8.61. The highest BCUT2D eigenvalue weighted by atomic mass is 79.9. The van der Waals surface area contributed by atoms with Gasteiger partial charge in [-0.3, -0.25) is 0 Å². The van der Waals surface area contributed by atoms with Crippen molar-refractivity contribution in [1.82, 2.24) is 0 Å². The lowest BCUT2D eigenvalue weighted by Gasteiger charge is -2.44. The van der Waals surface area contributed by atoms with Crippen LogP contribution in [-0.4, -0.2) is 28.7 Å². The van der Waals surface area contributed by atoms with Gasteiger partial charge < -0.3 is 9.47 Å². The van der Waals surface area contributed by atoms with Crippen LogP contribution in [0.3, 0.4) is 0 Å². The van der Waals surface area contributed by atoms with Crippen LogP contribution >= 0.6 is 15.9 Å². The van der Waals surface area contributed by atoms with E-state index >= 15 is 0 Å². The molecular formula is C14H20BrNO2. The van der Waals surface area contributed by atoms with Gasteiger partial charge in [0.25, 0.3) is 0 Å². The molecule has 0 aromatic rings. The predicted molar refractivity (Wildman–Crippen MR) is 71.5 cm³/mol. The molecule has 3 nitrogen and oxygen atoms in total. The molecule has 1 spiro atoms. The van der Waals surface area contributed by atoms with E-state index < -0.39 is 0 Å². The van der Waals surface area contributed by atoms with Gasteiger partial charge in [0, 0.05) is 17.2 Å². The van der Waals surface area contributed by atoms with Gasteiger partial charge in [-0.15, -0.1) is 0 Å². The summed E-state index contributed by atoms with van der Waals surface area (Å²) in [6.07, 6.45) is 7.14. The highest BCUT2D eigenvalue weighted by Crippen LogP contribution is 2.51. The molecule has 18 heavy (non-hydrogen) atoms. The van der Waals surface area contributed by atoms with Gasteiger partial charge in [0.1, 0.15) is 0 Å². The number of alkyl halides is 1. The summed E-state index contributed by atoms with van der Waals surface area (Å²) in [5, 5.41) is 8.93. The highest BCUT2D eigenvalue weighted by molar-refractivity contribution is 9.09. The zero-order valence-corrected chi connectivity index (χ0v) is 12.4. The molecule has 0 amide bonds. The van der Waals surface area contributed by atoms with Crippen molar-refractivity contribution in [3.8, 4) is 6.07 Å². The van der Waals surface area contributed by atoms with Crippen molar-refractivity contribution in [2.75, 3.05) is 0 Å². The molecule has 6 atom stereocenters. The van der Waals surface area contributed by atoms with E-state index in [0.29, 0.717) is 17.0 Å². The summed E-state index contributed by atoms with van der Waals surface area (Å²) in [6.45, 7) is 1.98. The van der Waals surface area contributed by atoms with E-state index in [0.717, 1.165) is 38.5 Å². The SMILES string of the molecule is C[C@@H](C#N)CC1CCC2OC3CC(Br)CC2(C3)O1. The number of halogens is 1. The number of nitriles is 1. The maximum absolute atomic E-state index is 8.93. The zero-order valence-electron chi connectivity index (χ0n) is 10.8. The molecule has 3 rings (SSSR count). The smallest absolute Gasteiger partial charge is 0.0982 e. The minimum absolute atomic E-state index is 0.0603. The van der Waals surface area contributed by atoms with Gasteiger partial charge in [0.15, 0.2) is 0 Å². The van der Waals surface area contributed by atoms with E-state index in [1.807, 2.05) is 6.92 Å². The third-order valence-corrected chi connectivity index (χ3v) is 5.29. The molecular weight excluding hydrogens is 294 g/mol. The molecule has 2 bridgehead atoms. The molecule has 100 valence electrons. The molecule has 1 aliphatic carbocycles. The Hall–Kier alpha value is -0.110. The van der Waals surface area contributed by atoms with Crippen LogP contribution in [0.5, 0.6) is 0 Å². The first-order valence-electron chi connectivity index (χ1n) is 6.98. The van der Waals surface area contributed by atoms with Crippen LogP contribution in [0.15, 0.2) is 0 Å². The van der Waals surface area contributed by atoms with E-state index in [-0.39, 0.29) is 17.6 Å². The van der Waals surface area contributed by atoms with E-state index in [1.165, 1.54) is 0 Å². The average Bonchev–Trinajstić information content (AvgIpc) is 2.58. The van der Waals surface area contributed by atoms with E-state index in [9.17, 15) is 0 Å². The van der Waals surface area contributed by atoms with Crippen molar-refractivity contribution in [2.24, 2.45) is 5.92 Å². The summed E-state index contributed by atoms with van der Waals surface area (Å²) in [5.74, 6) is 0.0874.